The zero-order valence-electron chi connectivity index (χ0n) is 12.7. The van der Waals surface area contributed by atoms with Gasteiger partial charge in [-0.2, -0.15) is 0 Å². The van der Waals surface area contributed by atoms with Gasteiger partial charge in [-0.15, -0.1) is 0 Å². The molecule has 118 valence electrons. The molecule has 1 saturated heterocycles. The Kier molecular flexibility index (Phi) is 6.79. The fraction of sp³-hybridized carbons (Fsp3) is 0.625. The van der Waals surface area contributed by atoms with Gasteiger partial charge >= 0.3 is 0 Å². The number of anilines is 1. The lowest BCUT2D eigenvalue weighted by molar-refractivity contribution is 0.194. The van der Waals surface area contributed by atoms with Crippen LogP contribution in [0.15, 0.2) is 24.3 Å². The first-order valence-electron chi connectivity index (χ1n) is 7.82. The lowest BCUT2D eigenvalue weighted by Gasteiger charge is -2.21. The minimum Gasteiger partial charge on any atom is -0.491 e. The standard InChI is InChI=1S/C16H27N3O2/c17-15-5-1-2-6-16(15)21-14-4-9-18-7-3-8-19(11-10-18)12-13-20/h1-2,5-6,20H,3-4,7-14,17H2. The van der Waals surface area contributed by atoms with Crippen molar-refractivity contribution in [3.05, 3.63) is 24.3 Å². The van der Waals surface area contributed by atoms with Crippen LogP contribution >= 0.6 is 0 Å². The van der Waals surface area contributed by atoms with E-state index in [-0.39, 0.29) is 6.61 Å². The van der Waals surface area contributed by atoms with Gasteiger partial charge in [0.1, 0.15) is 5.75 Å². The molecule has 1 aromatic carbocycles. The third kappa shape index (κ3) is 5.53. The largest absolute Gasteiger partial charge is 0.491 e. The molecule has 1 fully saturated rings. The van der Waals surface area contributed by atoms with Crippen LogP contribution in [0.5, 0.6) is 5.75 Å². The second-order valence-corrected chi connectivity index (χ2v) is 5.50. The van der Waals surface area contributed by atoms with Gasteiger partial charge in [0, 0.05) is 26.2 Å². The summed E-state index contributed by atoms with van der Waals surface area (Å²) in [4.78, 5) is 4.82. The summed E-state index contributed by atoms with van der Waals surface area (Å²) < 4.78 is 5.72. The molecule has 0 aliphatic carbocycles. The fourth-order valence-electron chi connectivity index (χ4n) is 2.70. The van der Waals surface area contributed by atoms with E-state index in [9.17, 15) is 0 Å². The SMILES string of the molecule is Nc1ccccc1OCCCN1CCCN(CCO)CC1. The average molecular weight is 293 g/mol. The molecular weight excluding hydrogens is 266 g/mol. The second-order valence-electron chi connectivity index (χ2n) is 5.50. The van der Waals surface area contributed by atoms with Crippen LogP contribution in [0.2, 0.25) is 0 Å². The van der Waals surface area contributed by atoms with Crippen molar-refractivity contribution in [1.82, 2.24) is 9.80 Å². The Hall–Kier alpha value is -1.30. The first kappa shape index (κ1) is 16.1. The summed E-state index contributed by atoms with van der Waals surface area (Å²) in [5, 5.41) is 9.00. The third-order valence-electron chi connectivity index (χ3n) is 3.89. The van der Waals surface area contributed by atoms with E-state index >= 15 is 0 Å². The van der Waals surface area contributed by atoms with Crippen LogP contribution in [0.1, 0.15) is 12.8 Å². The molecule has 21 heavy (non-hydrogen) atoms. The molecule has 1 heterocycles. The minimum absolute atomic E-state index is 0.256. The van der Waals surface area contributed by atoms with Crippen molar-refractivity contribution in [3.8, 4) is 5.75 Å². The lowest BCUT2D eigenvalue weighted by Crippen LogP contribution is -2.33. The summed E-state index contributed by atoms with van der Waals surface area (Å²) in [7, 11) is 0. The summed E-state index contributed by atoms with van der Waals surface area (Å²) in [6.07, 6.45) is 2.18. The highest BCUT2D eigenvalue weighted by Gasteiger charge is 2.13. The second kappa shape index (κ2) is 8.87. The van der Waals surface area contributed by atoms with E-state index in [0.29, 0.717) is 12.3 Å². The van der Waals surface area contributed by atoms with Crippen molar-refractivity contribution < 1.29 is 9.84 Å². The van der Waals surface area contributed by atoms with Crippen molar-refractivity contribution in [1.29, 1.82) is 0 Å². The summed E-state index contributed by atoms with van der Waals surface area (Å²) in [5.41, 5.74) is 6.55. The summed E-state index contributed by atoms with van der Waals surface area (Å²) in [5.74, 6) is 0.780. The van der Waals surface area contributed by atoms with Gasteiger partial charge in [0.2, 0.25) is 0 Å². The van der Waals surface area contributed by atoms with E-state index in [1.807, 2.05) is 24.3 Å². The van der Waals surface area contributed by atoms with Gasteiger partial charge in [0.25, 0.3) is 0 Å². The maximum atomic E-state index is 9.00. The molecule has 0 aromatic heterocycles. The molecule has 0 amide bonds. The Morgan fingerprint density at radius 3 is 2.48 bits per heavy atom. The number of hydrogen-bond donors (Lipinski definition) is 2. The number of aliphatic hydroxyl groups is 1. The maximum Gasteiger partial charge on any atom is 0.142 e. The van der Waals surface area contributed by atoms with Crippen LogP contribution in [0.4, 0.5) is 5.69 Å². The van der Waals surface area contributed by atoms with E-state index in [0.717, 1.165) is 51.4 Å². The van der Waals surface area contributed by atoms with Crippen molar-refractivity contribution >= 4 is 5.69 Å². The average Bonchev–Trinajstić information content (AvgIpc) is 2.71. The number of nitrogens with zero attached hydrogens (tertiary/aromatic N) is 2. The Balaban J connectivity index is 1.63. The molecule has 0 bridgehead atoms. The fourth-order valence-corrected chi connectivity index (χ4v) is 2.70. The molecule has 0 spiro atoms. The Morgan fingerprint density at radius 1 is 1.05 bits per heavy atom. The molecule has 5 nitrogen and oxygen atoms in total. The number of para-hydroxylation sites is 2. The van der Waals surface area contributed by atoms with Crippen LogP contribution in [0, 0.1) is 0 Å². The predicted octanol–water partition coefficient (Wildman–Crippen LogP) is 1.04. The van der Waals surface area contributed by atoms with Crippen molar-refractivity contribution in [2.24, 2.45) is 0 Å². The van der Waals surface area contributed by atoms with Crippen LogP contribution in [0.25, 0.3) is 0 Å². The van der Waals surface area contributed by atoms with E-state index < -0.39 is 0 Å². The third-order valence-corrected chi connectivity index (χ3v) is 3.89. The molecule has 1 aliphatic heterocycles. The summed E-state index contributed by atoms with van der Waals surface area (Å²) >= 11 is 0. The molecular formula is C16H27N3O2. The van der Waals surface area contributed by atoms with Gasteiger partial charge in [-0.1, -0.05) is 12.1 Å². The van der Waals surface area contributed by atoms with Crippen molar-refractivity contribution in [2.45, 2.75) is 12.8 Å². The molecule has 0 unspecified atom stereocenters. The van der Waals surface area contributed by atoms with E-state index in [2.05, 4.69) is 9.80 Å². The highest BCUT2D eigenvalue weighted by atomic mass is 16.5. The van der Waals surface area contributed by atoms with Gasteiger partial charge in [-0.25, -0.2) is 0 Å². The predicted molar refractivity (Wildman–Crippen MR) is 85.5 cm³/mol. The molecule has 0 radical (unpaired) electrons. The molecule has 2 rings (SSSR count). The van der Waals surface area contributed by atoms with Crippen LogP contribution < -0.4 is 10.5 Å². The molecule has 1 aliphatic rings. The Bertz CT molecular complexity index is 414. The monoisotopic (exact) mass is 293 g/mol. The lowest BCUT2D eigenvalue weighted by atomic mass is 10.3. The topological polar surface area (TPSA) is 62.0 Å². The maximum absolute atomic E-state index is 9.00. The Labute approximate surface area is 127 Å². The number of ether oxygens (including phenoxy) is 1. The number of nitrogens with two attached hydrogens (primary N) is 1. The summed E-state index contributed by atoms with van der Waals surface area (Å²) in [6, 6.07) is 7.63. The molecule has 1 aromatic rings. The zero-order valence-corrected chi connectivity index (χ0v) is 12.7. The van der Waals surface area contributed by atoms with Gasteiger partial charge < -0.3 is 20.5 Å². The van der Waals surface area contributed by atoms with E-state index in [4.69, 9.17) is 15.6 Å². The number of rotatable bonds is 7. The molecule has 3 N–H and O–H groups in total. The van der Waals surface area contributed by atoms with E-state index in [1.54, 1.807) is 0 Å². The van der Waals surface area contributed by atoms with Gasteiger partial charge in [0.15, 0.2) is 0 Å². The van der Waals surface area contributed by atoms with Crippen molar-refractivity contribution in [3.63, 3.8) is 0 Å². The normalized spacial score (nSPS) is 17.6. The highest BCUT2D eigenvalue weighted by molar-refractivity contribution is 5.51. The number of hydrogen-bond acceptors (Lipinski definition) is 5. The van der Waals surface area contributed by atoms with Crippen LogP contribution in [-0.4, -0.2) is 67.4 Å². The quantitative estimate of drug-likeness (QED) is 0.581. The smallest absolute Gasteiger partial charge is 0.142 e. The van der Waals surface area contributed by atoms with Crippen LogP contribution in [-0.2, 0) is 0 Å². The van der Waals surface area contributed by atoms with Gasteiger partial charge in [-0.3, -0.25) is 4.90 Å². The number of aliphatic hydroxyl groups excluding tert-OH is 1. The molecule has 0 atom stereocenters. The zero-order chi connectivity index (χ0) is 14.9. The Morgan fingerprint density at radius 2 is 1.76 bits per heavy atom. The van der Waals surface area contributed by atoms with Gasteiger partial charge in [0.05, 0.1) is 18.9 Å². The number of benzene rings is 1. The number of β-amino-alcohol motifs (C(OH)–C–C–N with tert-alkyl or cyclic N) is 1. The first-order chi connectivity index (χ1) is 10.3. The van der Waals surface area contributed by atoms with Crippen molar-refractivity contribution in [2.75, 3.05) is 58.2 Å². The van der Waals surface area contributed by atoms with Crippen LogP contribution in [0.3, 0.4) is 0 Å². The summed E-state index contributed by atoms with van der Waals surface area (Å²) in [6.45, 7) is 7.16. The minimum atomic E-state index is 0.256. The first-order valence-corrected chi connectivity index (χ1v) is 7.82. The number of nitrogen functional groups attached to an aromatic ring is 1. The highest BCUT2D eigenvalue weighted by Crippen LogP contribution is 2.19. The molecule has 5 heteroatoms. The van der Waals surface area contributed by atoms with Gasteiger partial charge in [-0.05, 0) is 38.1 Å². The molecule has 0 saturated carbocycles. The van der Waals surface area contributed by atoms with E-state index in [1.165, 1.54) is 6.42 Å².